The summed E-state index contributed by atoms with van der Waals surface area (Å²) in [6.45, 7) is 5.59. The van der Waals surface area contributed by atoms with Crippen molar-refractivity contribution in [3.63, 3.8) is 0 Å². The fourth-order valence-corrected chi connectivity index (χ4v) is 1.25. The number of rotatable bonds is 3. The van der Waals surface area contributed by atoms with Gasteiger partial charge >= 0.3 is 0 Å². The minimum atomic E-state index is 0.883. The molecule has 1 heterocycles. The highest BCUT2D eigenvalue weighted by Gasteiger charge is 2.00. The Bertz CT molecular complexity index is 348. The van der Waals surface area contributed by atoms with Gasteiger partial charge < -0.3 is 0 Å². The van der Waals surface area contributed by atoms with Crippen molar-refractivity contribution in [2.24, 2.45) is 0 Å². The van der Waals surface area contributed by atoms with Gasteiger partial charge in [-0.05, 0) is 34.5 Å². The summed E-state index contributed by atoms with van der Waals surface area (Å²) in [4.78, 5) is 0. The van der Waals surface area contributed by atoms with Gasteiger partial charge in [-0.15, -0.1) is 0 Å². The Kier molecular flexibility index (Phi) is 3.71. The second-order valence-electron chi connectivity index (χ2n) is 2.44. The molecule has 0 atom stereocenters. The highest BCUT2D eigenvalue weighted by Crippen LogP contribution is 2.16. The molecule has 0 amide bonds. The summed E-state index contributed by atoms with van der Waals surface area (Å²) in [5.74, 6) is 0. The van der Waals surface area contributed by atoms with Gasteiger partial charge in [0.05, 0.1) is 5.69 Å². The maximum Gasteiger partial charge on any atom is 0.101 e. The normalized spacial score (nSPS) is 12.3. The molecule has 0 saturated heterocycles. The molecule has 1 aromatic rings. The molecular weight excluding hydrogens is 228 g/mol. The molecule has 68 valence electrons. The van der Waals surface area contributed by atoms with Crippen molar-refractivity contribution in [2.75, 3.05) is 0 Å². The van der Waals surface area contributed by atoms with Crippen LogP contribution in [-0.4, -0.2) is 10.2 Å². The molecule has 0 aliphatic heterocycles. The molecule has 3 heteroatoms. The molecule has 13 heavy (non-hydrogen) atoms. The topological polar surface area (TPSA) is 28.7 Å². The predicted molar refractivity (Wildman–Crippen MR) is 59.3 cm³/mol. The van der Waals surface area contributed by atoms with Gasteiger partial charge in [0.25, 0.3) is 0 Å². The summed E-state index contributed by atoms with van der Waals surface area (Å²) < 4.78 is 0.883. The van der Waals surface area contributed by atoms with Crippen LogP contribution >= 0.6 is 15.9 Å². The maximum absolute atomic E-state index is 4.11. The maximum atomic E-state index is 4.11. The van der Waals surface area contributed by atoms with E-state index in [1.54, 1.807) is 6.08 Å². The van der Waals surface area contributed by atoms with E-state index in [0.29, 0.717) is 0 Å². The number of allylic oxidation sites excluding steroid dienone is 5. The van der Waals surface area contributed by atoms with E-state index in [9.17, 15) is 0 Å². The van der Waals surface area contributed by atoms with Crippen LogP contribution in [0.25, 0.3) is 5.57 Å². The fourth-order valence-electron chi connectivity index (χ4n) is 0.947. The molecule has 1 aromatic heterocycles. The van der Waals surface area contributed by atoms with Crippen molar-refractivity contribution in [1.29, 1.82) is 0 Å². The Balaban J connectivity index is 2.91. The molecule has 0 spiro atoms. The van der Waals surface area contributed by atoms with Crippen molar-refractivity contribution in [2.45, 2.75) is 6.92 Å². The highest BCUT2D eigenvalue weighted by molar-refractivity contribution is 9.10. The lowest BCUT2D eigenvalue weighted by molar-refractivity contribution is 1.06. The van der Waals surface area contributed by atoms with Crippen molar-refractivity contribution < 1.29 is 0 Å². The Morgan fingerprint density at radius 1 is 1.69 bits per heavy atom. The monoisotopic (exact) mass is 238 g/mol. The third kappa shape index (κ3) is 2.70. The smallest absolute Gasteiger partial charge is 0.101 e. The molecular formula is C10H11BrN2. The first-order valence-corrected chi connectivity index (χ1v) is 4.74. The van der Waals surface area contributed by atoms with Gasteiger partial charge in [-0.2, -0.15) is 5.10 Å². The van der Waals surface area contributed by atoms with Crippen LogP contribution in [0.15, 0.2) is 41.6 Å². The molecule has 0 bridgehead atoms. The summed E-state index contributed by atoms with van der Waals surface area (Å²) in [6.07, 6.45) is 7.60. The van der Waals surface area contributed by atoms with Crippen molar-refractivity contribution >= 4 is 21.5 Å². The van der Waals surface area contributed by atoms with Gasteiger partial charge in [-0.1, -0.05) is 30.9 Å². The summed E-state index contributed by atoms with van der Waals surface area (Å²) in [6, 6.07) is 1.93. The average molecular weight is 239 g/mol. The van der Waals surface area contributed by atoms with Crippen LogP contribution in [0.1, 0.15) is 12.6 Å². The largest absolute Gasteiger partial charge is 0.271 e. The van der Waals surface area contributed by atoms with Crippen LogP contribution in [-0.2, 0) is 0 Å². The quantitative estimate of drug-likeness (QED) is 0.805. The van der Waals surface area contributed by atoms with Gasteiger partial charge in [0.15, 0.2) is 0 Å². The van der Waals surface area contributed by atoms with Crippen LogP contribution in [0.5, 0.6) is 0 Å². The average Bonchev–Trinajstić information content (AvgIpc) is 2.54. The number of H-pyrrole nitrogens is 1. The van der Waals surface area contributed by atoms with Crippen molar-refractivity contribution in [3.05, 3.63) is 47.2 Å². The summed E-state index contributed by atoms with van der Waals surface area (Å²) in [7, 11) is 0. The SMILES string of the molecule is C=C/C=C\C(=C/C)c1cc(Br)[nH]n1. The number of nitrogens with one attached hydrogen (secondary N) is 1. The van der Waals surface area contributed by atoms with Gasteiger partial charge in [0.2, 0.25) is 0 Å². The Labute approximate surface area is 86.2 Å². The molecule has 0 saturated carbocycles. The Hall–Kier alpha value is -1.09. The minimum Gasteiger partial charge on any atom is -0.271 e. The van der Waals surface area contributed by atoms with E-state index in [1.165, 1.54) is 0 Å². The molecule has 0 aliphatic carbocycles. The molecule has 0 aromatic carbocycles. The van der Waals surface area contributed by atoms with Crippen molar-refractivity contribution in [1.82, 2.24) is 10.2 Å². The third-order valence-corrected chi connectivity index (χ3v) is 1.97. The van der Waals surface area contributed by atoms with E-state index in [-0.39, 0.29) is 0 Å². The zero-order valence-corrected chi connectivity index (χ0v) is 9.01. The van der Waals surface area contributed by atoms with Crippen LogP contribution in [0, 0.1) is 0 Å². The molecule has 2 nitrogen and oxygen atoms in total. The van der Waals surface area contributed by atoms with Crippen molar-refractivity contribution in [3.8, 4) is 0 Å². The van der Waals surface area contributed by atoms with E-state index in [2.05, 4.69) is 32.7 Å². The molecule has 0 unspecified atom stereocenters. The fraction of sp³-hybridized carbons (Fsp3) is 0.100. The first kappa shape index (κ1) is 9.99. The number of nitrogens with zero attached hydrogens (tertiary/aromatic N) is 1. The van der Waals surface area contributed by atoms with E-state index in [4.69, 9.17) is 0 Å². The van der Waals surface area contributed by atoms with Gasteiger partial charge in [0, 0.05) is 0 Å². The van der Waals surface area contributed by atoms with Crippen LogP contribution in [0.3, 0.4) is 0 Å². The lowest BCUT2D eigenvalue weighted by Crippen LogP contribution is -1.79. The molecule has 1 rings (SSSR count). The van der Waals surface area contributed by atoms with Crippen LogP contribution in [0.4, 0.5) is 0 Å². The van der Waals surface area contributed by atoms with Crippen LogP contribution < -0.4 is 0 Å². The van der Waals surface area contributed by atoms with E-state index in [0.717, 1.165) is 15.9 Å². The predicted octanol–water partition coefficient (Wildman–Crippen LogP) is 3.32. The lowest BCUT2D eigenvalue weighted by Gasteiger charge is -1.92. The summed E-state index contributed by atoms with van der Waals surface area (Å²) in [5.41, 5.74) is 1.99. The Morgan fingerprint density at radius 3 is 2.92 bits per heavy atom. The molecule has 1 N–H and O–H groups in total. The zero-order valence-electron chi connectivity index (χ0n) is 7.42. The summed E-state index contributed by atoms with van der Waals surface area (Å²) >= 11 is 3.31. The van der Waals surface area contributed by atoms with Gasteiger partial charge in [-0.25, -0.2) is 0 Å². The number of hydrogen-bond donors (Lipinski definition) is 1. The number of aromatic nitrogens is 2. The minimum absolute atomic E-state index is 0.883. The van der Waals surface area contributed by atoms with E-state index in [1.807, 2.05) is 31.2 Å². The second-order valence-corrected chi connectivity index (χ2v) is 3.29. The number of hydrogen-bond acceptors (Lipinski definition) is 1. The van der Waals surface area contributed by atoms with Gasteiger partial charge in [0.1, 0.15) is 4.60 Å². The van der Waals surface area contributed by atoms with Crippen LogP contribution in [0.2, 0.25) is 0 Å². The standard InChI is InChI=1S/C10H11BrN2/c1-3-5-6-8(4-2)9-7-10(11)13-12-9/h3-7H,1H2,2H3,(H,12,13)/b6-5-,8-4+. The molecule has 0 fully saturated rings. The third-order valence-electron chi connectivity index (χ3n) is 1.57. The second kappa shape index (κ2) is 4.82. The lowest BCUT2D eigenvalue weighted by atomic mass is 10.1. The first-order chi connectivity index (χ1) is 6.27. The molecule has 0 radical (unpaired) electrons. The molecule has 0 aliphatic rings. The van der Waals surface area contributed by atoms with E-state index >= 15 is 0 Å². The number of halogens is 1. The summed E-state index contributed by atoms with van der Waals surface area (Å²) in [5, 5.41) is 6.94. The Morgan fingerprint density at radius 2 is 2.46 bits per heavy atom. The zero-order chi connectivity index (χ0) is 9.68. The van der Waals surface area contributed by atoms with Gasteiger partial charge in [-0.3, -0.25) is 5.10 Å². The number of aromatic amines is 1. The van der Waals surface area contributed by atoms with E-state index < -0.39 is 0 Å². The first-order valence-electron chi connectivity index (χ1n) is 3.94. The highest BCUT2D eigenvalue weighted by atomic mass is 79.9.